The Balaban J connectivity index is 2.03. The topological polar surface area (TPSA) is 58.6 Å². The summed E-state index contributed by atoms with van der Waals surface area (Å²) in [5, 5.41) is 3.89. The molecule has 0 aliphatic rings. The minimum atomic E-state index is -0.633. The number of carbonyl (C=O) groups is 2. The summed E-state index contributed by atoms with van der Waals surface area (Å²) < 4.78 is 5.73. The van der Waals surface area contributed by atoms with Crippen molar-refractivity contribution in [1.29, 1.82) is 0 Å². The fourth-order valence-electron chi connectivity index (χ4n) is 3.06. The van der Waals surface area contributed by atoms with E-state index in [9.17, 15) is 9.59 Å². The fraction of sp³-hybridized carbons (Fsp3) is 0.440. The van der Waals surface area contributed by atoms with Crippen LogP contribution in [0.25, 0.3) is 0 Å². The highest BCUT2D eigenvalue weighted by Crippen LogP contribution is 2.23. The van der Waals surface area contributed by atoms with Crippen LogP contribution in [0.2, 0.25) is 10.0 Å². The van der Waals surface area contributed by atoms with Crippen molar-refractivity contribution in [2.24, 2.45) is 5.92 Å². The summed E-state index contributed by atoms with van der Waals surface area (Å²) in [7, 11) is 0. The van der Waals surface area contributed by atoms with E-state index in [0.717, 1.165) is 16.9 Å². The van der Waals surface area contributed by atoms with E-state index >= 15 is 0 Å². The molecule has 2 aromatic rings. The molecule has 1 atom stereocenters. The van der Waals surface area contributed by atoms with Gasteiger partial charge in [-0.2, -0.15) is 0 Å². The van der Waals surface area contributed by atoms with E-state index in [1.54, 1.807) is 30.0 Å². The van der Waals surface area contributed by atoms with Crippen molar-refractivity contribution in [2.75, 3.05) is 13.2 Å². The lowest BCUT2D eigenvalue weighted by molar-refractivity contribution is -0.140. The van der Waals surface area contributed by atoms with Gasteiger partial charge in [0, 0.05) is 29.6 Å². The second kappa shape index (κ2) is 12.7. The molecular weight excluding hydrogens is 447 g/mol. The fourth-order valence-corrected chi connectivity index (χ4v) is 3.53. The highest BCUT2D eigenvalue weighted by atomic mass is 35.5. The number of rotatable bonds is 11. The third kappa shape index (κ3) is 8.36. The summed E-state index contributed by atoms with van der Waals surface area (Å²) in [6.07, 6.45) is 0.802. The second-order valence-corrected chi connectivity index (χ2v) is 9.18. The minimum absolute atomic E-state index is 0.129. The van der Waals surface area contributed by atoms with Gasteiger partial charge in [-0.15, -0.1) is 0 Å². The Bertz CT molecular complexity index is 901. The number of hydrogen-bond acceptors (Lipinski definition) is 3. The molecule has 5 nitrogen and oxygen atoms in total. The van der Waals surface area contributed by atoms with Crippen LogP contribution in [-0.2, 0) is 16.1 Å². The van der Waals surface area contributed by atoms with Gasteiger partial charge < -0.3 is 15.0 Å². The molecule has 0 radical (unpaired) electrons. The van der Waals surface area contributed by atoms with Crippen LogP contribution in [-0.4, -0.2) is 35.9 Å². The summed E-state index contributed by atoms with van der Waals surface area (Å²) in [5.74, 6) is 0.776. The predicted molar refractivity (Wildman–Crippen MR) is 130 cm³/mol. The Morgan fingerprint density at radius 2 is 1.75 bits per heavy atom. The number of aryl methyl sites for hydroxylation is 1. The summed E-state index contributed by atoms with van der Waals surface area (Å²) in [6.45, 7) is 8.99. The Morgan fingerprint density at radius 3 is 2.38 bits per heavy atom. The summed E-state index contributed by atoms with van der Waals surface area (Å²) in [5.41, 5.74) is 1.90. The molecule has 1 N–H and O–H groups in total. The van der Waals surface area contributed by atoms with Crippen LogP contribution < -0.4 is 10.1 Å². The third-order valence-electron chi connectivity index (χ3n) is 5.03. The predicted octanol–water partition coefficient (Wildman–Crippen LogP) is 5.65. The molecule has 2 amide bonds. The molecule has 0 aromatic heterocycles. The summed E-state index contributed by atoms with van der Waals surface area (Å²) in [6, 6.07) is 12.3. The maximum Gasteiger partial charge on any atom is 0.242 e. The van der Waals surface area contributed by atoms with Crippen LogP contribution in [0, 0.1) is 12.8 Å². The highest BCUT2D eigenvalue weighted by molar-refractivity contribution is 6.35. The molecule has 7 heteroatoms. The van der Waals surface area contributed by atoms with Crippen molar-refractivity contribution in [1.82, 2.24) is 10.2 Å². The lowest BCUT2D eigenvalue weighted by Gasteiger charge is -2.29. The van der Waals surface area contributed by atoms with Gasteiger partial charge in [0.1, 0.15) is 11.8 Å². The van der Waals surface area contributed by atoms with Gasteiger partial charge in [0.25, 0.3) is 0 Å². The van der Waals surface area contributed by atoms with Crippen molar-refractivity contribution in [3.63, 3.8) is 0 Å². The minimum Gasteiger partial charge on any atom is -0.494 e. The van der Waals surface area contributed by atoms with Crippen molar-refractivity contribution in [2.45, 2.75) is 53.1 Å². The van der Waals surface area contributed by atoms with Crippen molar-refractivity contribution in [3.8, 4) is 5.75 Å². The number of amides is 2. The van der Waals surface area contributed by atoms with Gasteiger partial charge in [0.05, 0.1) is 6.61 Å². The monoisotopic (exact) mass is 478 g/mol. The van der Waals surface area contributed by atoms with E-state index in [1.165, 1.54) is 0 Å². The zero-order valence-electron chi connectivity index (χ0n) is 19.2. The van der Waals surface area contributed by atoms with Crippen LogP contribution in [0.1, 0.15) is 44.7 Å². The molecule has 0 spiro atoms. The average molecular weight is 479 g/mol. The van der Waals surface area contributed by atoms with E-state index in [1.807, 2.05) is 45.0 Å². The van der Waals surface area contributed by atoms with E-state index in [-0.39, 0.29) is 24.8 Å². The number of carbonyl (C=O) groups excluding carboxylic acids is 2. The SMILES string of the molecule is Cc1ccc(OCCCC(=O)N(Cc2ccc(Cl)cc2Cl)[C@@H](C)C(=O)NCC(C)C)cc1. The van der Waals surface area contributed by atoms with Gasteiger partial charge in [-0.1, -0.05) is 60.8 Å². The largest absolute Gasteiger partial charge is 0.494 e. The quantitative estimate of drug-likeness (QED) is 0.424. The first-order chi connectivity index (χ1) is 15.2. The van der Waals surface area contributed by atoms with Crippen LogP contribution in [0.5, 0.6) is 5.75 Å². The number of benzene rings is 2. The van der Waals surface area contributed by atoms with E-state index in [2.05, 4.69) is 5.32 Å². The molecule has 0 aliphatic carbocycles. The molecule has 2 rings (SSSR count). The lowest BCUT2D eigenvalue weighted by atomic mass is 10.1. The normalized spacial score (nSPS) is 11.8. The Hall–Kier alpha value is -2.24. The molecule has 32 heavy (non-hydrogen) atoms. The van der Waals surface area contributed by atoms with Crippen LogP contribution in [0.3, 0.4) is 0 Å². The maximum absolute atomic E-state index is 13.1. The molecule has 0 unspecified atom stereocenters. The van der Waals surface area contributed by atoms with Gasteiger partial charge in [0.15, 0.2) is 0 Å². The number of halogens is 2. The molecule has 2 aromatic carbocycles. The standard InChI is InChI=1S/C25H32Cl2N2O3/c1-17(2)15-28-25(31)19(4)29(16-20-9-10-21(26)14-23(20)27)24(30)6-5-13-32-22-11-7-18(3)8-12-22/h7-12,14,17,19H,5-6,13,15-16H2,1-4H3,(H,28,31)/t19-/m0/s1. The lowest BCUT2D eigenvalue weighted by Crippen LogP contribution is -2.48. The van der Waals surface area contributed by atoms with Gasteiger partial charge in [-0.25, -0.2) is 0 Å². The van der Waals surface area contributed by atoms with Gasteiger partial charge in [-0.05, 0) is 56.0 Å². The van der Waals surface area contributed by atoms with Crippen LogP contribution in [0.4, 0.5) is 0 Å². The molecule has 0 aliphatic heterocycles. The van der Waals surface area contributed by atoms with Gasteiger partial charge >= 0.3 is 0 Å². The van der Waals surface area contributed by atoms with Crippen molar-refractivity contribution >= 4 is 35.0 Å². The van der Waals surface area contributed by atoms with Gasteiger partial charge in [-0.3, -0.25) is 9.59 Å². The number of ether oxygens (including phenoxy) is 1. The molecule has 174 valence electrons. The van der Waals surface area contributed by atoms with E-state index in [4.69, 9.17) is 27.9 Å². The highest BCUT2D eigenvalue weighted by Gasteiger charge is 2.26. The number of nitrogens with zero attached hydrogens (tertiary/aromatic N) is 1. The molecule has 0 heterocycles. The third-order valence-corrected chi connectivity index (χ3v) is 5.62. The Kier molecular flexibility index (Phi) is 10.3. The maximum atomic E-state index is 13.1. The number of hydrogen-bond donors (Lipinski definition) is 1. The molecular formula is C25H32Cl2N2O3. The smallest absolute Gasteiger partial charge is 0.242 e. The Morgan fingerprint density at radius 1 is 1.06 bits per heavy atom. The Labute approximate surface area is 201 Å². The number of nitrogens with one attached hydrogen (secondary N) is 1. The van der Waals surface area contributed by atoms with Crippen molar-refractivity contribution in [3.05, 3.63) is 63.6 Å². The summed E-state index contributed by atoms with van der Waals surface area (Å²) >= 11 is 12.3. The average Bonchev–Trinajstić information content (AvgIpc) is 2.75. The van der Waals surface area contributed by atoms with Crippen LogP contribution >= 0.6 is 23.2 Å². The second-order valence-electron chi connectivity index (χ2n) is 8.34. The van der Waals surface area contributed by atoms with Gasteiger partial charge in [0.2, 0.25) is 11.8 Å². The summed E-state index contributed by atoms with van der Waals surface area (Å²) in [4.78, 5) is 27.3. The molecule has 0 saturated carbocycles. The first-order valence-electron chi connectivity index (χ1n) is 10.9. The zero-order chi connectivity index (χ0) is 23.7. The van der Waals surface area contributed by atoms with E-state index < -0.39 is 6.04 Å². The first kappa shape index (κ1) is 26.0. The first-order valence-corrected chi connectivity index (χ1v) is 11.6. The molecule has 0 bridgehead atoms. The van der Waals surface area contributed by atoms with Crippen molar-refractivity contribution < 1.29 is 14.3 Å². The molecule has 0 saturated heterocycles. The van der Waals surface area contributed by atoms with Crippen LogP contribution in [0.15, 0.2) is 42.5 Å². The van der Waals surface area contributed by atoms with E-state index in [0.29, 0.717) is 35.5 Å². The molecule has 0 fully saturated rings. The zero-order valence-corrected chi connectivity index (χ0v) is 20.7.